The molecule has 1 saturated heterocycles. The van der Waals surface area contributed by atoms with Crippen molar-refractivity contribution in [1.29, 1.82) is 0 Å². The molecule has 0 aliphatic carbocycles. The lowest BCUT2D eigenvalue weighted by atomic mass is 9.96. The van der Waals surface area contributed by atoms with E-state index < -0.39 is 17.4 Å². The highest BCUT2D eigenvalue weighted by molar-refractivity contribution is 5.97. The summed E-state index contributed by atoms with van der Waals surface area (Å²) in [6.07, 6.45) is 1.60. The van der Waals surface area contributed by atoms with E-state index in [-0.39, 0.29) is 23.9 Å². The van der Waals surface area contributed by atoms with Crippen molar-refractivity contribution in [3.05, 3.63) is 35.4 Å². The number of nitrogens with zero attached hydrogens (tertiary/aromatic N) is 1. The van der Waals surface area contributed by atoms with Gasteiger partial charge in [0, 0.05) is 19.7 Å². The molecule has 1 N–H and O–H groups in total. The molecule has 1 atom stereocenters. The maximum Gasteiger partial charge on any atom is 0.224 e. The van der Waals surface area contributed by atoms with Gasteiger partial charge in [0.15, 0.2) is 5.78 Å². The maximum absolute atomic E-state index is 13.6. The van der Waals surface area contributed by atoms with Crippen LogP contribution in [0.1, 0.15) is 23.2 Å². The highest BCUT2D eigenvalue weighted by atomic mass is 19.1. The second-order valence-electron chi connectivity index (χ2n) is 5.24. The van der Waals surface area contributed by atoms with Crippen LogP contribution in [0, 0.1) is 17.6 Å². The van der Waals surface area contributed by atoms with Crippen molar-refractivity contribution >= 4 is 11.7 Å². The quantitative estimate of drug-likeness (QED) is 0.859. The second kappa shape index (κ2) is 6.76. The molecule has 6 heteroatoms. The topological polar surface area (TPSA) is 49.4 Å². The van der Waals surface area contributed by atoms with E-state index in [1.807, 2.05) is 4.90 Å². The molecular weight excluding hydrogens is 278 g/mol. The first-order valence-electron chi connectivity index (χ1n) is 6.93. The van der Waals surface area contributed by atoms with Crippen LogP contribution in [0.3, 0.4) is 0 Å². The van der Waals surface area contributed by atoms with Gasteiger partial charge in [-0.1, -0.05) is 0 Å². The van der Waals surface area contributed by atoms with Gasteiger partial charge >= 0.3 is 0 Å². The SMILES string of the molecule is CNC(=O)C1CCCN(CC(=O)c2ccc(F)cc2F)C1. The largest absolute Gasteiger partial charge is 0.359 e. The summed E-state index contributed by atoms with van der Waals surface area (Å²) in [6.45, 7) is 1.21. The summed E-state index contributed by atoms with van der Waals surface area (Å²) in [4.78, 5) is 25.6. The van der Waals surface area contributed by atoms with Crippen molar-refractivity contribution in [2.75, 3.05) is 26.7 Å². The molecule has 0 radical (unpaired) electrons. The van der Waals surface area contributed by atoms with E-state index in [0.29, 0.717) is 19.2 Å². The number of amides is 1. The van der Waals surface area contributed by atoms with Gasteiger partial charge in [0.1, 0.15) is 11.6 Å². The van der Waals surface area contributed by atoms with Gasteiger partial charge in [0.25, 0.3) is 0 Å². The third-order valence-electron chi connectivity index (χ3n) is 3.72. The Kier molecular flexibility index (Phi) is 5.01. The first-order chi connectivity index (χ1) is 10.0. The van der Waals surface area contributed by atoms with Gasteiger partial charge in [0.2, 0.25) is 5.91 Å². The summed E-state index contributed by atoms with van der Waals surface area (Å²) in [5, 5.41) is 2.60. The Morgan fingerprint density at radius 1 is 1.38 bits per heavy atom. The van der Waals surface area contributed by atoms with E-state index in [2.05, 4.69) is 5.32 Å². The van der Waals surface area contributed by atoms with Crippen LogP contribution in [-0.2, 0) is 4.79 Å². The lowest BCUT2D eigenvalue weighted by Gasteiger charge is -2.31. The normalized spacial score (nSPS) is 19.3. The fraction of sp³-hybridized carbons (Fsp3) is 0.467. The zero-order valence-corrected chi connectivity index (χ0v) is 11.9. The highest BCUT2D eigenvalue weighted by Crippen LogP contribution is 2.18. The molecule has 4 nitrogen and oxygen atoms in total. The van der Waals surface area contributed by atoms with Crippen LogP contribution in [0.25, 0.3) is 0 Å². The molecule has 0 aromatic heterocycles. The maximum atomic E-state index is 13.6. The minimum absolute atomic E-state index is 0.0377. The number of carbonyl (C=O) groups is 2. The molecular formula is C15H18F2N2O2. The third kappa shape index (κ3) is 3.85. The molecule has 0 bridgehead atoms. The number of nitrogens with one attached hydrogen (secondary N) is 1. The zero-order chi connectivity index (χ0) is 15.4. The van der Waals surface area contributed by atoms with Gasteiger partial charge < -0.3 is 5.32 Å². The summed E-state index contributed by atoms with van der Waals surface area (Å²) >= 11 is 0. The molecule has 2 rings (SSSR count). The Labute approximate surface area is 122 Å². The number of Topliss-reactive ketones (excluding diaryl/α,β-unsaturated/α-hetero) is 1. The molecule has 1 aromatic carbocycles. The number of hydrogen-bond donors (Lipinski definition) is 1. The smallest absolute Gasteiger partial charge is 0.224 e. The summed E-state index contributed by atoms with van der Waals surface area (Å²) in [5.41, 5.74) is -0.113. The average molecular weight is 296 g/mol. The lowest BCUT2D eigenvalue weighted by molar-refractivity contribution is -0.126. The number of piperidine rings is 1. The van der Waals surface area contributed by atoms with Crippen LogP contribution in [0.5, 0.6) is 0 Å². The molecule has 1 heterocycles. The number of rotatable bonds is 4. The number of likely N-dealkylation sites (tertiary alicyclic amines) is 1. The van der Waals surface area contributed by atoms with Crippen molar-refractivity contribution < 1.29 is 18.4 Å². The van der Waals surface area contributed by atoms with Gasteiger partial charge in [-0.15, -0.1) is 0 Å². The van der Waals surface area contributed by atoms with Crippen LogP contribution in [0.4, 0.5) is 8.78 Å². The minimum atomic E-state index is -0.847. The van der Waals surface area contributed by atoms with Gasteiger partial charge in [-0.05, 0) is 31.5 Å². The van der Waals surface area contributed by atoms with Crippen LogP contribution < -0.4 is 5.32 Å². The Balaban J connectivity index is 2.00. The number of benzene rings is 1. The number of hydrogen-bond acceptors (Lipinski definition) is 3. The molecule has 1 aromatic rings. The number of ketones is 1. The Morgan fingerprint density at radius 3 is 2.81 bits per heavy atom. The zero-order valence-electron chi connectivity index (χ0n) is 11.9. The highest BCUT2D eigenvalue weighted by Gasteiger charge is 2.26. The van der Waals surface area contributed by atoms with Crippen molar-refractivity contribution in [2.45, 2.75) is 12.8 Å². The molecule has 0 saturated carbocycles. The average Bonchev–Trinajstić information content (AvgIpc) is 2.46. The predicted octanol–water partition coefficient (Wildman–Crippen LogP) is 1.61. The number of halogens is 2. The van der Waals surface area contributed by atoms with Gasteiger partial charge in [-0.25, -0.2) is 8.78 Å². The first-order valence-corrected chi connectivity index (χ1v) is 6.93. The standard InChI is InChI=1S/C15H18F2N2O2/c1-18-15(21)10-3-2-6-19(8-10)9-14(20)12-5-4-11(16)7-13(12)17/h4-5,7,10H,2-3,6,8-9H2,1H3,(H,18,21). The summed E-state index contributed by atoms with van der Waals surface area (Å²) < 4.78 is 26.4. The summed E-state index contributed by atoms with van der Waals surface area (Å²) in [6, 6.07) is 2.93. The lowest BCUT2D eigenvalue weighted by Crippen LogP contribution is -2.44. The minimum Gasteiger partial charge on any atom is -0.359 e. The van der Waals surface area contributed by atoms with E-state index in [1.54, 1.807) is 7.05 Å². The van der Waals surface area contributed by atoms with Crippen LogP contribution >= 0.6 is 0 Å². The van der Waals surface area contributed by atoms with Crippen molar-refractivity contribution in [3.63, 3.8) is 0 Å². The second-order valence-corrected chi connectivity index (χ2v) is 5.24. The molecule has 1 fully saturated rings. The Hall–Kier alpha value is -1.82. The van der Waals surface area contributed by atoms with Crippen molar-refractivity contribution in [1.82, 2.24) is 10.2 Å². The Bertz CT molecular complexity index is 548. The summed E-state index contributed by atoms with van der Waals surface area (Å²) in [7, 11) is 1.58. The molecule has 114 valence electrons. The molecule has 0 spiro atoms. The monoisotopic (exact) mass is 296 g/mol. The summed E-state index contributed by atoms with van der Waals surface area (Å²) in [5.74, 6) is -2.14. The van der Waals surface area contributed by atoms with Crippen LogP contribution in [-0.4, -0.2) is 43.3 Å². The van der Waals surface area contributed by atoms with Crippen molar-refractivity contribution in [2.24, 2.45) is 5.92 Å². The van der Waals surface area contributed by atoms with E-state index in [0.717, 1.165) is 25.0 Å². The van der Waals surface area contributed by atoms with Gasteiger partial charge in [-0.3, -0.25) is 14.5 Å². The van der Waals surface area contributed by atoms with Gasteiger partial charge in [0.05, 0.1) is 18.0 Å². The van der Waals surface area contributed by atoms with E-state index >= 15 is 0 Å². The van der Waals surface area contributed by atoms with Crippen LogP contribution in [0.2, 0.25) is 0 Å². The van der Waals surface area contributed by atoms with Crippen molar-refractivity contribution in [3.8, 4) is 0 Å². The Morgan fingerprint density at radius 2 is 2.14 bits per heavy atom. The molecule has 1 aliphatic rings. The van der Waals surface area contributed by atoms with Gasteiger partial charge in [-0.2, -0.15) is 0 Å². The molecule has 1 unspecified atom stereocenters. The van der Waals surface area contributed by atoms with Crippen LogP contribution in [0.15, 0.2) is 18.2 Å². The fourth-order valence-corrected chi connectivity index (χ4v) is 2.62. The third-order valence-corrected chi connectivity index (χ3v) is 3.72. The first kappa shape index (κ1) is 15.6. The van der Waals surface area contributed by atoms with E-state index in [9.17, 15) is 18.4 Å². The fourth-order valence-electron chi connectivity index (χ4n) is 2.62. The molecule has 21 heavy (non-hydrogen) atoms. The molecule has 1 aliphatic heterocycles. The van der Waals surface area contributed by atoms with E-state index in [4.69, 9.17) is 0 Å². The predicted molar refractivity (Wildman–Crippen MR) is 73.9 cm³/mol. The number of carbonyl (C=O) groups excluding carboxylic acids is 2. The molecule has 1 amide bonds. The van der Waals surface area contributed by atoms with E-state index in [1.165, 1.54) is 0 Å².